The van der Waals surface area contributed by atoms with Crippen LogP contribution in [0.1, 0.15) is 30.3 Å². The summed E-state index contributed by atoms with van der Waals surface area (Å²) in [4.78, 5) is 14.4. The first-order valence-electron chi connectivity index (χ1n) is 7.89. The number of amides is 1. The molecule has 0 atom stereocenters. The first-order valence-corrected chi connectivity index (χ1v) is 7.89. The monoisotopic (exact) mass is 312 g/mol. The van der Waals surface area contributed by atoms with Gasteiger partial charge in [-0.05, 0) is 56.2 Å². The van der Waals surface area contributed by atoms with Crippen LogP contribution in [0.3, 0.4) is 0 Å². The van der Waals surface area contributed by atoms with Crippen molar-refractivity contribution >= 4 is 17.4 Å². The third kappa shape index (κ3) is 3.77. The molecule has 2 aromatic rings. The van der Waals surface area contributed by atoms with Gasteiger partial charge in [-0.25, -0.2) is 0 Å². The Morgan fingerprint density at radius 2 is 1.87 bits per heavy atom. The highest BCUT2D eigenvalue weighted by atomic mass is 16.5. The average molecular weight is 312 g/mol. The van der Waals surface area contributed by atoms with E-state index in [1.807, 2.05) is 25.1 Å². The van der Waals surface area contributed by atoms with Crippen LogP contribution in [-0.4, -0.2) is 35.8 Å². The quantitative estimate of drug-likeness (QED) is 0.919. The summed E-state index contributed by atoms with van der Waals surface area (Å²) in [7, 11) is 0. The molecular weight excluding hydrogens is 292 g/mol. The third-order valence-electron chi connectivity index (χ3n) is 3.74. The van der Waals surface area contributed by atoms with E-state index >= 15 is 0 Å². The molecule has 2 heterocycles. The number of hydrogen-bond donors (Lipinski definition) is 1. The minimum atomic E-state index is -0.269. The van der Waals surface area contributed by atoms with Gasteiger partial charge in [0.15, 0.2) is 11.5 Å². The first kappa shape index (κ1) is 15.3. The number of nitrogens with zero attached hydrogens (tertiary/aromatic N) is 3. The summed E-state index contributed by atoms with van der Waals surface area (Å²) >= 11 is 0. The molecule has 1 aliphatic rings. The zero-order chi connectivity index (χ0) is 16.1. The van der Waals surface area contributed by atoms with E-state index in [2.05, 4.69) is 20.4 Å². The molecule has 0 spiro atoms. The zero-order valence-electron chi connectivity index (χ0n) is 13.2. The lowest BCUT2D eigenvalue weighted by Crippen LogP contribution is -2.21. The van der Waals surface area contributed by atoms with E-state index in [9.17, 15) is 4.79 Å². The summed E-state index contributed by atoms with van der Waals surface area (Å²) in [5, 5.41) is 11.0. The predicted molar refractivity (Wildman–Crippen MR) is 89.0 cm³/mol. The van der Waals surface area contributed by atoms with Gasteiger partial charge in [-0.3, -0.25) is 4.79 Å². The molecule has 6 heteroatoms. The Morgan fingerprint density at radius 3 is 2.48 bits per heavy atom. The summed E-state index contributed by atoms with van der Waals surface area (Å²) in [6, 6.07) is 10.8. The van der Waals surface area contributed by atoms with Crippen molar-refractivity contribution in [1.82, 2.24) is 10.2 Å². The lowest BCUT2D eigenvalue weighted by Gasteiger charge is -2.15. The standard InChI is InChI=1S/C17H20N4O2/c1-2-23-14-7-5-13(6-8-14)18-17(22)15-9-10-16(20-19-15)21-11-3-4-12-21/h5-10H,2-4,11-12H2,1H3,(H,18,22). The van der Waals surface area contributed by atoms with Crippen LogP contribution in [-0.2, 0) is 0 Å². The molecule has 120 valence electrons. The number of nitrogens with one attached hydrogen (secondary N) is 1. The second-order valence-corrected chi connectivity index (χ2v) is 5.38. The lowest BCUT2D eigenvalue weighted by molar-refractivity contribution is 0.102. The maximum absolute atomic E-state index is 12.2. The van der Waals surface area contributed by atoms with Crippen LogP contribution in [0.15, 0.2) is 36.4 Å². The maximum Gasteiger partial charge on any atom is 0.276 e. The minimum Gasteiger partial charge on any atom is -0.494 e. The van der Waals surface area contributed by atoms with Gasteiger partial charge in [0.25, 0.3) is 5.91 Å². The lowest BCUT2D eigenvalue weighted by atomic mass is 10.3. The molecule has 0 radical (unpaired) electrons. The van der Waals surface area contributed by atoms with Gasteiger partial charge in [0, 0.05) is 18.8 Å². The largest absolute Gasteiger partial charge is 0.494 e. The molecule has 6 nitrogen and oxygen atoms in total. The SMILES string of the molecule is CCOc1ccc(NC(=O)c2ccc(N3CCCC3)nn2)cc1. The van der Waals surface area contributed by atoms with Crippen LogP contribution in [0, 0.1) is 0 Å². The number of hydrogen-bond acceptors (Lipinski definition) is 5. The van der Waals surface area contributed by atoms with E-state index < -0.39 is 0 Å². The number of rotatable bonds is 5. The molecule has 3 rings (SSSR count). The van der Waals surface area contributed by atoms with Crippen LogP contribution < -0.4 is 15.0 Å². The highest BCUT2D eigenvalue weighted by Crippen LogP contribution is 2.18. The van der Waals surface area contributed by atoms with Gasteiger partial charge in [-0.2, -0.15) is 0 Å². The summed E-state index contributed by atoms with van der Waals surface area (Å²) in [5.41, 5.74) is 1.01. The van der Waals surface area contributed by atoms with Gasteiger partial charge in [-0.1, -0.05) is 0 Å². The molecular formula is C17H20N4O2. The number of anilines is 2. The first-order chi connectivity index (χ1) is 11.3. The number of benzene rings is 1. The molecule has 0 saturated carbocycles. The van der Waals surface area contributed by atoms with E-state index in [1.165, 1.54) is 12.8 Å². The molecule has 1 aliphatic heterocycles. The van der Waals surface area contributed by atoms with Crippen molar-refractivity contribution < 1.29 is 9.53 Å². The fraction of sp³-hybridized carbons (Fsp3) is 0.353. The molecule has 1 fully saturated rings. The van der Waals surface area contributed by atoms with Crippen LogP contribution in [0.4, 0.5) is 11.5 Å². The molecule has 1 amide bonds. The number of carbonyl (C=O) groups excluding carboxylic acids is 1. The van der Waals surface area contributed by atoms with Crippen LogP contribution in [0.25, 0.3) is 0 Å². The smallest absolute Gasteiger partial charge is 0.276 e. The Kier molecular flexibility index (Phi) is 4.71. The normalized spacial score (nSPS) is 13.9. The summed E-state index contributed by atoms with van der Waals surface area (Å²) in [5.74, 6) is 1.34. The van der Waals surface area contributed by atoms with E-state index in [0.29, 0.717) is 18.0 Å². The minimum absolute atomic E-state index is 0.269. The molecule has 1 saturated heterocycles. The van der Waals surface area contributed by atoms with E-state index in [1.54, 1.807) is 18.2 Å². The Morgan fingerprint density at radius 1 is 1.13 bits per heavy atom. The zero-order valence-corrected chi connectivity index (χ0v) is 13.2. The van der Waals surface area contributed by atoms with Crippen molar-refractivity contribution in [2.24, 2.45) is 0 Å². The van der Waals surface area contributed by atoms with Crippen LogP contribution in [0.2, 0.25) is 0 Å². The maximum atomic E-state index is 12.2. The topological polar surface area (TPSA) is 67.3 Å². The number of carbonyl (C=O) groups is 1. The third-order valence-corrected chi connectivity index (χ3v) is 3.74. The Labute approximate surface area is 135 Å². The van der Waals surface area contributed by atoms with Crippen molar-refractivity contribution in [2.45, 2.75) is 19.8 Å². The predicted octanol–water partition coefficient (Wildman–Crippen LogP) is 2.73. The van der Waals surface area contributed by atoms with Crippen molar-refractivity contribution in [1.29, 1.82) is 0 Å². The van der Waals surface area contributed by atoms with Crippen LogP contribution in [0.5, 0.6) is 5.75 Å². The van der Waals surface area contributed by atoms with E-state index in [0.717, 1.165) is 24.7 Å². The van der Waals surface area contributed by atoms with E-state index in [-0.39, 0.29) is 5.91 Å². The van der Waals surface area contributed by atoms with Gasteiger partial charge in [0.05, 0.1) is 6.61 Å². The van der Waals surface area contributed by atoms with Gasteiger partial charge in [0.2, 0.25) is 0 Å². The summed E-state index contributed by atoms with van der Waals surface area (Å²) < 4.78 is 5.37. The number of aromatic nitrogens is 2. The summed E-state index contributed by atoms with van der Waals surface area (Å²) in [6.07, 6.45) is 2.36. The molecule has 0 unspecified atom stereocenters. The fourth-order valence-electron chi connectivity index (χ4n) is 2.56. The molecule has 0 bridgehead atoms. The van der Waals surface area contributed by atoms with Crippen molar-refractivity contribution in [3.63, 3.8) is 0 Å². The van der Waals surface area contributed by atoms with Gasteiger partial charge < -0.3 is 15.0 Å². The molecule has 0 aliphatic carbocycles. The van der Waals surface area contributed by atoms with Crippen molar-refractivity contribution in [3.05, 3.63) is 42.1 Å². The number of ether oxygens (including phenoxy) is 1. The fourth-order valence-corrected chi connectivity index (χ4v) is 2.56. The highest BCUT2D eigenvalue weighted by Gasteiger charge is 2.15. The summed E-state index contributed by atoms with van der Waals surface area (Å²) in [6.45, 7) is 4.56. The second kappa shape index (κ2) is 7.09. The highest BCUT2D eigenvalue weighted by molar-refractivity contribution is 6.02. The van der Waals surface area contributed by atoms with Gasteiger partial charge >= 0.3 is 0 Å². The van der Waals surface area contributed by atoms with E-state index in [4.69, 9.17) is 4.74 Å². The van der Waals surface area contributed by atoms with Gasteiger partial charge in [-0.15, -0.1) is 10.2 Å². The van der Waals surface area contributed by atoms with Gasteiger partial charge in [0.1, 0.15) is 5.75 Å². The Bertz CT molecular complexity index is 649. The Balaban J connectivity index is 1.63. The second-order valence-electron chi connectivity index (χ2n) is 5.38. The molecule has 1 N–H and O–H groups in total. The Hall–Kier alpha value is -2.63. The molecule has 1 aromatic carbocycles. The van der Waals surface area contributed by atoms with Crippen molar-refractivity contribution in [2.75, 3.05) is 29.9 Å². The average Bonchev–Trinajstić information content (AvgIpc) is 3.11. The molecule has 23 heavy (non-hydrogen) atoms. The molecule has 1 aromatic heterocycles. The van der Waals surface area contributed by atoms with Crippen molar-refractivity contribution in [3.8, 4) is 5.75 Å². The van der Waals surface area contributed by atoms with Crippen LogP contribution >= 0.6 is 0 Å².